The van der Waals surface area contributed by atoms with Crippen molar-refractivity contribution in [2.75, 3.05) is 11.9 Å². The maximum atomic E-state index is 10.7. The van der Waals surface area contributed by atoms with Crippen molar-refractivity contribution in [2.24, 2.45) is 0 Å². The first-order valence-corrected chi connectivity index (χ1v) is 5.69. The summed E-state index contributed by atoms with van der Waals surface area (Å²) < 4.78 is 0. The number of anilines is 1. The third kappa shape index (κ3) is 3.71. The highest BCUT2D eigenvalue weighted by Crippen LogP contribution is 2.22. The summed E-state index contributed by atoms with van der Waals surface area (Å²) in [7, 11) is 0. The smallest absolute Gasteiger partial charge is 0.289 e. The summed E-state index contributed by atoms with van der Waals surface area (Å²) in [6.45, 7) is 2.41. The third-order valence-electron chi connectivity index (χ3n) is 2.59. The number of hydrogen-bond acceptors (Lipinski definition) is 5. The van der Waals surface area contributed by atoms with Crippen molar-refractivity contribution >= 4 is 11.4 Å². The zero-order valence-corrected chi connectivity index (χ0v) is 10.1. The van der Waals surface area contributed by atoms with E-state index in [1.54, 1.807) is 12.1 Å². The molecule has 1 aromatic carbocycles. The van der Waals surface area contributed by atoms with E-state index >= 15 is 0 Å². The van der Waals surface area contributed by atoms with Gasteiger partial charge in [-0.05, 0) is 25.0 Å². The molecule has 1 atom stereocenters. The molecule has 2 N–H and O–H groups in total. The summed E-state index contributed by atoms with van der Waals surface area (Å²) in [6.07, 6.45) is 0.880. The lowest BCUT2D eigenvalue weighted by atomic mass is 10.1. The minimum atomic E-state index is -0.579. The first kappa shape index (κ1) is 13.9. The molecule has 0 aromatic heterocycles. The predicted molar refractivity (Wildman–Crippen MR) is 67.2 cm³/mol. The summed E-state index contributed by atoms with van der Waals surface area (Å²) in [6, 6.07) is 6.14. The van der Waals surface area contributed by atoms with E-state index in [2.05, 4.69) is 5.32 Å². The van der Waals surface area contributed by atoms with Gasteiger partial charge in [0.1, 0.15) is 11.6 Å². The fourth-order valence-corrected chi connectivity index (χ4v) is 1.47. The number of benzene rings is 1. The number of nitrogens with one attached hydrogen (secondary N) is 1. The Balaban J connectivity index is 2.71. The fourth-order valence-electron chi connectivity index (χ4n) is 1.47. The van der Waals surface area contributed by atoms with E-state index in [0.29, 0.717) is 25.1 Å². The molecule has 18 heavy (non-hydrogen) atoms. The van der Waals surface area contributed by atoms with Gasteiger partial charge in [-0.25, -0.2) is 0 Å². The number of nitriles is 1. The van der Waals surface area contributed by atoms with Gasteiger partial charge in [0.15, 0.2) is 0 Å². The molecular formula is C12H15N3O3. The minimum Gasteiger partial charge on any atom is -0.393 e. The predicted octanol–water partition coefficient (Wildman–Crippen LogP) is 2.04. The average molecular weight is 249 g/mol. The molecule has 0 saturated heterocycles. The van der Waals surface area contributed by atoms with Gasteiger partial charge in [-0.3, -0.25) is 10.1 Å². The Kier molecular flexibility index (Phi) is 5.08. The lowest BCUT2D eigenvalue weighted by Crippen LogP contribution is -2.12. The number of aliphatic hydroxyl groups excluding tert-OH is 1. The normalized spacial score (nSPS) is 11.6. The molecule has 0 saturated carbocycles. The summed E-state index contributed by atoms with van der Waals surface area (Å²) in [5, 5.41) is 31.8. The van der Waals surface area contributed by atoms with Gasteiger partial charge in [0.25, 0.3) is 5.69 Å². The van der Waals surface area contributed by atoms with Crippen LogP contribution in [-0.4, -0.2) is 22.7 Å². The molecule has 0 aliphatic carbocycles. The topological polar surface area (TPSA) is 99.2 Å². The van der Waals surface area contributed by atoms with E-state index in [9.17, 15) is 15.2 Å². The van der Waals surface area contributed by atoms with Crippen molar-refractivity contribution in [1.29, 1.82) is 5.26 Å². The number of nitrogens with zero attached hydrogens (tertiary/aromatic N) is 2. The van der Waals surface area contributed by atoms with Gasteiger partial charge >= 0.3 is 0 Å². The lowest BCUT2D eigenvalue weighted by Gasteiger charge is -2.09. The van der Waals surface area contributed by atoms with Crippen LogP contribution in [0.15, 0.2) is 18.2 Å². The Morgan fingerprint density at radius 3 is 2.89 bits per heavy atom. The molecule has 6 heteroatoms. The molecule has 0 aliphatic rings. The zero-order valence-electron chi connectivity index (χ0n) is 10.1. The van der Waals surface area contributed by atoms with Crippen LogP contribution in [0.1, 0.15) is 25.3 Å². The Hall–Kier alpha value is -2.13. The minimum absolute atomic E-state index is 0.0409. The number of hydrogen-bond donors (Lipinski definition) is 2. The molecule has 1 aromatic rings. The van der Waals surface area contributed by atoms with E-state index in [0.717, 1.165) is 0 Å². The highest BCUT2D eigenvalue weighted by atomic mass is 16.6. The lowest BCUT2D eigenvalue weighted by molar-refractivity contribution is -0.385. The van der Waals surface area contributed by atoms with E-state index in [1.165, 1.54) is 12.1 Å². The monoisotopic (exact) mass is 249 g/mol. The first-order valence-electron chi connectivity index (χ1n) is 5.69. The second kappa shape index (κ2) is 6.57. The van der Waals surface area contributed by atoms with Gasteiger partial charge in [-0.15, -0.1) is 0 Å². The fraction of sp³-hybridized carbons (Fsp3) is 0.417. The van der Waals surface area contributed by atoms with E-state index in [1.807, 2.05) is 6.92 Å². The molecular weight excluding hydrogens is 234 g/mol. The maximum Gasteiger partial charge on any atom is 0.289 e. The van der Waals surface area contributed by atoms with Gasteiger partial charge < -0.3 is 10.4 Å². The number of nitro groups is 1. The van der Waals surface area contributed by atoms with Crippen molar-refractivity contribution in [3.05, 3.63) is 33.9 Å². The summed E-state index contributed by atoms with van der Waals surface area (Å²) >= 11 is 0. The first-order chi connectivity index (χ1) is 8.58. The molecule has 0 bridgehead atoms. The van der Waals surface area contributed by atoms with Crippen LogP contribution in [0, 0.1) is 21.4 Å². The summed E-state index contributed by atoms with van der Waals surface area (Å²) in [4.78, 5) is 10.2. The second-order valence-electron chi connectivity index (χ2n) is 3.88. The Morgan fingerprint density at radius 2 is 2.33 bits per heavy atom. The van der Waals surface area contributed by atoms with E-state index in [-0.39, 0.29) is 17.4 Å². The van der Waals surface area contributed by atoms with Crippen molar-refractivity contribution in [2.45, 2.75) is 25.9 Å². The van der Waals surface area contributed by atoms with Crippen molar-refractivity contribution in [3.8, 4) is 6.07 Å². The highest BCUT2D eigenvalue weighted by Gasteiger charge is 2.14. The van der Waals surface area contributed by atoms with Crippen LogP contribution in [0.5, 0.6) is 0 Å². The molecule has 0 fully saturated rings. The summed E-state index contributed by atoms with van der Waals surface area (Å²) in [5.74, 6) is 0. The van der Waals surface area contributed by atoms with Crippen LogP contribution >= 0.6 is 0 Å². The molecule has 96 valence electrons. The number of rotatable bonds is 6. The number of aliphatic hydroxyl groups is 1. The molecule has 0 aliphatic heterocycles. The van der Waals surface area contributed by atoms with Crippen LogP contribution < -0.4 is 5.32 Å². The second-order valence-corrected chi connectivity index (χ2v) is 3.88. The van der Waals surface area contributed by atoms with Gasteiger partial charge in [0.05, 0.1) is 11.0 Å². The van der Waals surface area contributed by atoms with Crippen molar-refractivity contribution in [1.82, 2.24) is 0 Å². The van der Waals surface area contributed by atoms with E-state index < -0.39 is 4.92 Å². The van der Waals surface area contributed by atoms with Gasteiger partial charge in [-0.2, -0.15) is 5.26 Å². The molecule has 0 amide bonds. The van der Waals surface area contributed by atoms with Crippen LogP contribution in [0.3, 0.4) is 0 Å². The van der Waals surface area contributed by atoms with Gasteiger partial charge in [0.2, 0.25) is 0 Å². The number of nitro benzene ring substituents is 1. The largest absolute Gasteiger partial charge is 0.393 e. The Labute approximate surface area is 105 Å². The molecule has 0 spiro atoms. The molecule has 1 rings (SSSR count). The van der Waals surface area contributed by atoms with Crippen molar-refractivity contribution < 1.29 is 10.0 Å². The summed E-state index contributed by atoms with van der Waals surface area (Å²) in [5.41, 5.74) is 0.404. The average Bonchev–Trinajstić information content (AvgIpc) is 2.38. The Bertz CT molecular complexity index is 468. The van der Waals surface area contributed by atoms with E-state index in [4.69, 9.17) is 5.26 Å². The van der Waals surface area contributed by atoms with Crippen LogP contribution in [-0.2, 0) is 0 Å². The maximum absolute atomic E-state index is 10.7. The van der Waals surface area contributed by atoms with Crippen molar-refractivity contribution in [3.63, 3.8) is 0 Å². The van der Waals surface area contributed by atoms with Crippen LogP contribution in [0.25, 0.3) is 0 Å². The quantitative estimate of drug-likeness (QED) is 0.593. The van der Waals surface area contributed by atoms with Crippen LogP contribution in [0.4, 0.5) is 11.4 Å². The standard InChI is InChI=1S/C12H15N3O3/c1-2-11(16)5-6-14-10-4-3-9(8-13)12(7-10)15(17)18/h3-4,7,11,14,16H,2,5-6H2,1H3. The highest BCUT2D eigenvalue weighted by molar-refractivity contribution is 5.59. The molecule has 6 nitrogen and oxygen atoms in total. The molecule has 0 radical (unpaired) electrons. The SMILES string of the molecule is CCC(O)CCNc1ccc(C#N)c([N+](=O)[O-])c1. The van der Waals surface area contributed by atoms with Gasteiger partial charge in [-0.1, -0.05) is 6.92 Å². The van der Waals surface area contributed by atoms with Gasteiger partial charge in [0, 0.05) is 18.3 Å². The van der Waals surface area contributed by atoms with Crippen LogP contribution in [0.2, 0.25) is 0 Å². The molecule has 1 unspecified atom stereocenters. The third-order valence-corrected chi connectivity index (χ3v) is 2.59. The zero-order chi connectivity index (χ0) is 13.5. The Morgan fingerprint density at radius 1 is 1.61 bits per heavy atom. The molecule has 0 heterocycles.